The molecule has 0 aromatic heterocycles. The van der Waals surface area contributed by atoms with Crippen molar-refractivity contribution in [2.24, 2.45) is 0 Å². The van der Waals surface area contributed by atoms with Crippen molar-refractivity contribution in [3.05, 3.63) is 0 Å². The van der Waals surface area contributed by atoms with Crippen LogP contribution < -0.4 is 0 Å². The Morgan fingerprint density at radius 1 is 1.00 bits per heavy atom. The first-order valence-corrected chi connectivity index (χ1v) is 5.20. The fourth-order valence-electron chi connectivity index (χ4n) is 0.476. The molecule has 0 saturated heterocycles. The molecule has 14 heavy (non-hydrogen) atoms. The van der Waals surface area contributed by atoms with Crippen LogP contribution in [0.15, 0.2) is 0 Å². The molecule has 0 amide bonds. The van der Waals surface area contributed by atoms with E-state index in [1.165, 1.54) is 0 Å². The second-order valence-electron chi connectivity index (χ2n) is 2.54. The molecule has 86 valence electrons. The van der Waals surface area contributed by atoms with Gasteiger partial charge in [0, 0.05) is 0 Å². The molecule has 0 aliphatic carbocycles. The van der Waals surface area contributed by atoms with E-state index in [2.05, 4.69) is 9.05 Å². The van der Waals surface area contributed by atoms with Crippen LogP contribution in [0.1, 0.15) is 0 Å². The third kappa shape index (κ3) is 7.40. The van der Waals surface area contributed by atoms with Crippen molar-refractivity contribution < 1.29 is 34.0 Å². The molecule has 8 heteroatoms. The molecule has 0 radical (unpaired) electrons. The number of rotatable bonds is 8. The lowest BCUT2D eigenvalue weighted by molar-refractivity contribution is 0.0338. The van der Waals surface area contributed by atoms with Crippen molar-refractivity contribution in [3.63, 3.8) is 0 Å². The Kier molecular flexibility index (Phi) is 8.30. The van der Waals surface area contributed by atoms with E-state index in [-0.39, 0.29) is 13.2 Å². The highest BCUT2D eigenvalue weighted by atomic mass is 31.1. The lowest BCUT2D eigenvalue weighted by Gasteiger charge is -2.10. The largest absolute Gasteiger partial charge is 0.394 e. The van der Waals surface area contributed by atoms with Gasteiger partial charge < -0.3 is 29.5 Å². The van der Waals surface area contributed by atoms with Crippen molar-refractivity contribution in [3.8, 4) is 0 Å². The Balaban J connectivity index is 3.46. The summed E-state index contributed by atoms with van der Waals surface area (Å²) in [6, 6.07) is 0. The SMILES string of the molecule is O=[PH](OCC(O)CO)OCC(O)CO. The van der Waals surface area contributed by atoms with Gasteiger partial charge >= 0.3 is 8.25 Å². The summed E-state index contributed by atoms with van der Waals surface area (Å²) in [5, 5.41) is 34.3. The van der Waals surface area contributed by atoms with E-state index >= 15 is 0 Å². The molecule has 0 aliphatic heterocycles. The molecule has 7 nitrogen and oxygen atoms in total. The number of aliphatic hydroxyl groups is 4. The van der Waals surface area contributed by atoms with Crippen LogP contribution >= 0.6 is 8.25 Å². The molecule has 0 heterocycles. The summed E-state index contributed by atoms with van der Waals surface area (Å²) < 4.78 is 19.9. The van der Waals surface area contributed by atoms with E-state index in [4.69, 9.17) is 20.4 Å². The van der Waals surface area contributed by atoms with Crippen molar-refractivity contribution in [1.82, 2.24) is 0 Å². The first-order chi connectivity index (χ1) is 6.60. The molecule has 0 saturated carbocycles. The van der Waals surface area contributed by atoms with Crippen LogP contribution in [-0.4, -0.2) is 59.1 Å². The Labute approximate surface area is 81.8 Å². The van der Waals surface area contributed by atoms with E-state index < -0.39 is 33.7 Å². The zero-order valence-electron chi connectivity index (χ0n) is 7.50. The van der Waals surface area contributed by atoms with Gasteiger partial charge in [-0.15, -0.1) is 0 Å². The monoisotopic (exact) mass is 230 g/mol. The minimum Gasteiger partial charge on any atom is -0.394 e. The highest BCUT2D eigenvalue weighted by Gasteiger charge is 2.08. The molecule has 2 unspecified atom stereocenters. The third-order valence-corrected chi connectivity index (χ3v) is 2.01. The highest BCUT2D eigenvalue weighted by Crippen LogP contribution is 2.23. The summed E-state index contributed by atoms with van der Waals surface area (Å²) in [4.78, 5) is 0. The van der Waals surface area contributed by atoms with E-state index in [9.17, 15) is 4.57 Å². The second-order valence-corrected chi connectivity index (χ2v) is 3.62. The van der Waals surface area contributed by atoms with E-state index in [1.807, 2.05) is 0 Å². The van der Waals surface area contributed by atoms with Crippen LogP contribution in [0.4, 0.5) is 0 Å². The maximum atomic E-state index is 10.8. The summed E-state index contributed by atoms with van der Waals surface area (Å²) in [5.41, 5.74) is 0. The van der Waals surface area contributed by atoms with Gasteiger partial charge in [0.25, 0.3) is 0 Å². The van der Waals surface area contributed by atoms with Crippen LogP contribution in [0.2, 0.25) is 0 Å². The zero-order valence-corrected chi connectivity index (χ0v) is 8.50. The van der Waals surface area contributed by atoms with Gasteiger partial charge in [-0.1, -0.05) is 0 Å². The maximum Gasteiger partial charge on any atom is 0.319 e. The van der Waals surface area contributed by atoms with Crippen molar-refractivity contribution in [2.75, 3.05) is 26.4 Å². The molecule has 2 atom stereocenters. The molecule has 0 rings (SSSR count). The lowest BCUT2D eigenvalue weighted by Crippen LogP contribution is -2.19. The van der Waals surface area contributed by atoms with Gasteiger partial charge in [0.05, 0.1) is 26.4 Å². The quantitative estimate of drug-likeness (QED) is 0.360. The van der Waals surface area contributed by atoms with Crippen LogP contribution in [0.25, 0.3) is 0 Å². The smallest absolute Gasteiger partial charge is 0.319 e. The molecule has 0 bridgehead atoms. The molecule has 0 aliphatic rings. The molecule has 0 fully saturated rings. The molecule has 0 aromatic rings. The van der Waals surface area contributed by atoms with Gasteiger partial charge in [0.2, 0.25) is 0 Å². The normalized spacial score (nSPS) is 17.7. The van der Waals surface area contributed by atoms with E-state index in [0.717, 1.165) is 0 Å². The summed E-state index contributed by atoms with van der Waals surface area (Å²) in [7, 11) is -2.79. The minimum atomic E-state index is -2.79. The Morgan fingerprint density at radius 3 is 1.64 bits per heavy atom. The number of aliphatic hydroxyl groups excluding tert-OH is 4. The van der Waals surface area contributed by atoms with Crippen molar-refractivity contribution >= 4 is 8.25 Å². The summed E-state index contributed by atoms with van der Waals surface area (Å²) >= 11 is 0. The van der Waals surface area contributed by atoms with Crippen LogP contribution in [0.3, 0.4) is 0 Å². The van der Waals surface area contributed by atoms with Gasteiger partial charge in [-0.2, -0.15) is 0 Å². The second kappa shape index (κ2) is 8.31. The average Bonchev–Trinajstić information content (AvgIpc) is 2.22. The first-order valence-electron chi connectivity index (χ1n) is 3.97. The predicted molar refractivity (Wildman–Crippen MR) is 47.1 cm³/mol. The predicted octanol–water partition coefficient (Wildman–Crippen LogP) is -1.88. The third-order valence-electron chi connectivity index (χ3n) is 1.21. The molecule has 4 N–H and O–H groups in total. The molecule has 0 aromatic carbocycles. The summed E-state index contributed by atoms with van der Waals surface area (Å²) in [5.74, 6) is 0. The minimum absolute atomic E-state index is 0.302. The molecular formula is C6H15O7P. The fourth-order valence-corrected chi connectivity index (χ4v) is 1.22. The Bertz CT molecular complexity index is 148. The Morgan fingerprint density at radius 2 is 1.36 bits per heavy atom. The van der Waals surface area contributed by atoms with Gasteiger partial charge in [-0.3, -0.25) is 4.57 Å². The number of hydrogen-bond acceptors (Lipinski definition) is 7. The Hall–Kier alpha value is -0.0100. The highest BCUT2D eigenvalue weighted by molar-refractivity contribution is 7.33. The van der Waals surface area contributed by atoms with Crippen LogP contribution in [-0.2, 0) is 13.6 Å². The van der Waals surface area contributed by atoms with Crippen LogP contribution in [0.5, 0.6) is 0 Å². The fraction of sp³-hybridized carbons (Fsp3) is 1.00. The van der Waals surface area contributed by atoms with Gasteiger partial charge in [-0.25, -0.2) is 0 Å². The van der Waals surface area contributed by atoms with Gasteiger partial charge in [-0.05, 0) is 0 Å². The van der Waals surface area contributed by atoms with Crippen LogP contribution in [0, 0.1) is 0 Å². The first kappa shape index (κ1) is 14.0. The average molecular weight is 230 g/mol. The summed E-state index contributed by atoms with van der Waals surface area (Å²) in [6.45, 7) is -1.59. The molecule has 0 spiro atoms. The van der Waals surface area contributed by atoms with Crippen molar-refractivity contribution in [2.45, 2.75) is 12.2 Å². The van der Waals surface area contributed by atoms with E-state index in [1.54, 1.807) is 0 Å². The summed E-state index contributed by atoms with van der Waals surface area (Å²) in [6.07, 6.45) is -2.20. The standard InChI is InChI=1S/C6H15O7P/c7-1-5(9)3-12-14(11)13-4-6(10)2-8/h5-10,14H,1-4H2. The van der Waals surface area contributed by atoms with E-state index in [0.29, 0.717) is 0 Å². The number of hydrogen-bond donors (Lipinski definition) is 4. The van der Waals surface area contributed by atoms with Crippen molar-refractivity contribution in [1.29, 1.82) is 0 Å². The van der Waals surface area contributed by atoms with Gasteiger partial charge in [0.15, 0.2) is 0 Å². The zero-order chi connectivity index (χ0) is 11.0. The topological polar surface area (TPSA) is 116 Å². The molecular weight excluding hydrogens is 215 g/mol. The van der Waals surface area contributed by atoms with Gasteiger partial charge in [0.1, 0.15) is 12.2 Å². The maximum absolute atomic E-state index is 10.8. The lowest BCUT2D eigenvalue weighted by atomic mass is 10.4.